The highest BCUT2D eigenvalue weighted by Gasteiger charge is 2.17. The summed E-state index contributed by atoms with van der Waals surface area (Å²) in [7, 11) is 0. The fourth-order valence-electron chi connectivity index (χ4n) is 2.58. The van der Waals surface area contributed by atoms with Crippen molar-refractivity contribution in [1.82, 2.24) is 24.6 Å². The zero-order valence-electron chi connectivity index (χ0n) is 14.6. The van der Waals surface area contributed by atoms with Gasteiger partial charge in [0.15, 0.2) is 5.82 Å². The monoisotopic (exact) mass is 334 g/mol. The fraction of sp³-hybridized carbons (Fsp3) is 0.263. The molecule has 0 atom stereocenters. The summed E-state index contributed by atoms with van der Waals surface area (Å²) in [5, 5.41) is 4.66. The smallest absolute Gasteiger partial charge is 0.254 e. The predicted octanol–water partition coefficient (Wildman–Crippen LogP) is 3.49. The molecule has 0 aromatic carbocycles. The van der Waals surface area contributed by atoms with E-state index in [1.807, 2.05) is 24.3 Å². The van der Waals surface area contributed by atoms with Gasteiger partial charge >= 0.3 is 0 Å². The van der Waals surface area contributed by atoms with E-state index in [0.717, 1.165) is 17.1 Å². The fourth-order valence-corrected chi connectivity index (χ4v) is 2.58. The van der Waals surface area contributed by atoms with E-state index in [1.54, 1.807) is 16.9 Å². The van der Waals surface area contributed by atoms with E-state index in [0.29, 0.717) is 24.7 Å². The molecule has 0 radical (unpaired) electrons. The molecular formula is C19H22N6. The molecule has 0 saturated heterocycles. The van der Waals surface area contributed by atoms with Crippen LogP contribution >= 0.6 is 0 Å². The SMILES string of the molecule is C=CCN(CC=C)c1cc(C(C)C)nc2nc(-c3cccnc3)nn12. The number of aromatic nitrogens is 5. The van der Waals surface area contributed by atoms with Crippen molar-refractivity contribution < 1.29 is 0 Å². The lowest BCUT2D eigenvalue weighted by atomic mass is 10.1. The summed E-state index contributed by atoms with van der Waals surface area (Å²) < 4.78 is 1.78. The molecule has 0 bridgehead atoms. The molecule has 0 N–H and O–H groups in total. The van der Waals surface area contributed by atoms with Crippen molar-refractivity contribution in [3.63, 3.8) is 0 Å². The molecule has 25 heavy (non-hydrogen) atoms. The van der Waals surface area contributed by atoms with Crippen molar-refractivity contribution in [3.05, 3.63) is 61.6 Å². The van der Waals surface area contributed by atoms with E-state index < -0.39 is 0 Å². The highest BCUT2D eigenvalue weighted by Crippen LogP contribution is 2.23. The number of hydrogen-bond acceptors (Lipinski definition) is 5. The summed E-state index contributed by atoms with van der Waals surface area (Å²) in [5.41, 5.74) is 1.84. The van der Waals surface area contributed by atoms with Crippen molar-refractivity contribution in [2.75, 3.05) is 18.0 Å². The largest absolute Gasteiger partial charge is 0.349 e. The third kappa shape index (κ3) is 3.42. The van der Waals surface area contributed by atoms with Crippen LogP contribution in [0.2, 0.25) is 0 Å². The van der Waals surface area contributed by atoms with Gasteiger partial charge in [0.1, 0.15) is 5.82 Å². The Balaban J connectivity index is 2.20. The Morgan fingerprint density at radius 2 is 1.96 bits per heavy atom. The first kappa shape index (κ1) is 16.8. The van der Waals surface area contributed by atoms with E-state index in [4.69, 9.17) is 0 Å². The molecule has 0 amide bonds. The first-order valence-electron chi connectivity index (χ1n) is 8.29. The quantitative estimate of drug-likeness (QED) is 0.619. The number of fused-ring (bicyclic) bond motifs is 1. The van der Waals surface area contributed by atoms with Crippen molar-refractivity contribution in [1.29, 1.82) is 0 Å². The maximum Gasteiger partial charge on any atom is 0.254 e. The maximum atomic E-state index is 4.67. The molecule has 3 heterocycles. The third-order valence-corrected chi connectivity index (χ3v) is 3.85. The van der Waals surface area contributed by atoms with Gasteiger partial charge in [-0.05, 0) is 18.1 Å². The minimum atomic E-state index is 0.289. The summed E-state index contributed by atoms with van der Waals surface area (Å²) in [6, 6.07) is 5.87. The van der Waals surface area contributed by atoms with Crippen LogP contribution in [0.3, 0.4) is 0 Å². The number of rotatable bonds is 7. The summed E-state index contributed by atoms with van der Waals surface area (Å²) >= 11 is 0. The molecular weight excluding hydrogens is 312 g/mol. The lowest BCUT2D eigenvalue weighted by Gasteiger charge is -2.22. The van der Waals surface area contributed by atoms with Gasteiger partial charge < -0.3 is 4.90 Å². The zero-order chi connectivity index (χ0) is 17.8. The first-order valence-corrected chi connectivity index (χ1v) is 8.29. The van der Waals surface area contributed by atoms with E-state index in [1.165, 1.54) is 0 Å². The molecule has 128 valence electrons. The Bertz CT molecular complexity index is 872. The molecule has 0 saturated carbocycles. The van der Waals surface area contributed by atoms with Gasteiger partial charge in [0.2, 0.25) is 0 Å². The lowest BCUT2D eigenvalue weighted by Crippen LogP contribution is -2.26. The highest BCUT2D eigenvalue weighted by molar-refractivity contribution is 5.58. The van der Waals surface area contributed by atoms with Crippen LogP contribution in [0.4, 0.5) is 5.82 Å². The molecule has 0 aliphatic heterocycles. The van der Waals surface area contributed by atoms with Crippen LogP contribution in [0, 0.1) is 0 Å². The Morgan fingerprint density at radius 3 is 2.56 bits per heavy atom. The minimum absolute atomic E-state index is 0.289. The van der Waals surface area contributed by atoms with Gasteiger partial charge in [-0.15, -0.1) is 18.3 Å². The molecule has 3 aromatic rings. The van der Waals surface area contributed by atoms with Gasteiger partial charge in [-0.25, -0.2) is 4.98 Å². The van der Waals surface area contributed by atoms with E-state index >= 15 is 0 Å². The highest BCUT2D eigenvalue weighted by atomic mass is 15.4. The predicted molar refractivity (Wildman–Crippen MR) is 101 cm³/mol. The van der Waals surface area contributed by atoms with E-state index in [2.05, 4.69) is 58.0 Å². The number of anilines is 1. The summed E-state index contributed by atoms with van der Waals surface area (Å²) in [5.74, 6) is 2.41. The van der Waals surface area contributed by atoms with Gasteiger partial charge in [-0.3, -0.25) is 4.98 Å². The van der Waals surface area contributed by atoms with Crippen molar-refractivity contribution >= 4 is 11.6 Å². The Hall–Kier alpha value is -3.02. The van der Waals surface area contributed by atoms with Gasteiger partial charge in [0.05, 0.1) is 5.69 Å². The van der Waals surface area contributed by atoms with Crippen LogP contribution in [0.5, 0.6) is 0 Å². The molecule has 0 aliphatic carbocycles. The molecule has 3 rings (SSSR count). The number of hydrogen-bond donors (Lipinski definition) is 0. The molecule has 6 nitrogen and oxygen atoms in total. The maximum absolute atomic E-state index is 4.67. The van der Waals surface area contributed by atoms with Crippen molar-refractivity contribution in [2.45, 2.75) is 19.8 Å². The lowest BCUT2D eigenvalue weighted by molar-refractivity contribution is 0.788. The van der Waals surface area contributed by atoms with Gasteiger partial charge in [0, 0.05) is 37.1 Å². The third-order valence-electron chi connectivity index (χ3n) is 3.85. The first-order chi connectivity index (χ1) is 12.1. The van der Waals surface area contributed by atoms with Crippen LogP contribution in [-0.2, 0) is 0 Å². The Morgan fingerprint density at radius 1 is 1.20 bits per heavy atom. The zero-order valence-corrected chi connectivity index (χ0v) is 14.6. The van der Waals surface area contributed by atoms with Crippen LogP contribution in [0.1, 0.15) is 25.5 Å². The molecule has 0 spiro atoms. The summed E-state index contributed by atoms with van der Waals surface area (Å²) in [4.78, 5) is 15.6. The van der Waals surface area contributed by atoms with Crippen LogP contribution in [0.25, 0.3) is 17.2 Å². The average molecular weight is 334 g/mol. The van der Waals surface area contributed by atoms with Crippen LogP contribution in [0.15, 0.2) is 55.9 Å². The van der Waals surface area contributed by atoms with Crippen LogP contribution in [-0.4, -0.2) is 37.7 Å². The minimum Gasteiger partial charge on any atom is -0.349 e. The summed E-state index contributed by atoms with van der Waals surface area (Å²) in [6.45, 7) is 13.3. The molecule has 0 unspecified atom stereocenters. The summed E-state index contributed by atoms with van der Waals surface area (Å²) in [6.07, 6.45) is 7.21. The second-order valence-electron chi connectivity index (χ2n) is 6.07. The standard InChI is InChI=1S/C19H22N6/c1-5-10-24(11-6-2)17-12-16(14(3)4)21-19-22-18(23-25(17)19)15-8-7-9-20-13-15/h5-9,12-14H,1-2,10-11H2,3-4H3. The Kier molecular flexibility index (Phi) is 4.88. The van der Waals surface area contributed by atoms with E-state index in [-0.39, 0.29) is 5.92 Å². The van der Waals surface area contributed by atoms with Crippen molar-refractivity contribution in [2.24, 2.45) is 0 Å². The van der Waals surface area contributed by atoms with E-state index in [9.17, 15) is 0 Å². The topological polar surface area (TPSA) is 59.2 Å². The average Bonchev–Trinajstić information content (AvgIpc) is 3.05. The number of nitrogens with zero attached hydrogens (tertiary/aromatic N) is 6. The normalized spacial score (nSPS) is 11.0. The second kappa shape index (κ2) is 7.25. The molecule has 3 aromatic heterocycles. The molecule has 0 fully saturated rings. The molecule has 6 heteroatoms. The molecule has 0 aliphatic rings. The van der Waals surface area contributed by atoms with Crippen LogP contribution < -0.4 is 4.90 Å². The van der Waals surface area contributed by atoms with Gasteiger partial charge in [-0.2, -0.15) is 9.50 Å². The second-order valence-corrected chi connectivity index (χ2v) is 6.07. The number of pyridine rings is 1. The van der Waals surface area contributed by atoms with Gasteiger partial charge in [0.25, 0.3) is 5.78 Å². The van der Waals surface area contributed by atoms with Crippen molar-refractivity contribution in [3.8, 4) is 11.4 Å². The Labute approximate surface area is 147 Å². The van der Waals surface area contributed by atoms with Gasteiger partial charge in [-0.1, -0.05) is 26.0 Å².